The van der Waals surface area contributed by atoms with Gasteiger partial charge in [-0.15, -0.1) is 22.7 Å². The van der Waals surface area contributed by atoms with E-state index in [1.807, 2.05) is 13.0 Å². The van der Waals surface area contributed by atoms with Gasteiger partial charge in [0.05, 0.1) is 31.3 Å². The van der Waals surface area contributed by atoms with Crippen LogP contribution in [0.25, 0.3) is 10.2 Å². The fourth-order valence-electron chi connectivity index (χ4n) is 4.57. The van der Waals surface area contributed by atoms with E-state index in [0.717, 1.165) is 53.4 Å². The molecule has 0 unspecified atom stereocenters. The van der Waals surface area contributed by atoms with Crippen molar-refractivity contribution in [3.8, 4) is 0 Å². The minimum atomic E-state index is -3.45. The molecule has 9 heteroatoms. The molecule has 0 bridgehead atoms. The van der Waals surface area contributed by atoms with E-state index in [1.165, 1.54) is 11.3 Å². The summed E-state index contributed by atoms with van der Waals surface area (Å²) in [6.07, 6.45) is 2.10. The lowest BCUT2D eigenvalue weighted by Crippen LogP contribution is -2.31. The predicted molar refractivity (Wildman–Crippen MR) is 117 cm³/mol. The lowest BCUT2D eigenvalue weighted by Gasteiger charge is -2.21. The van der Waals surface area contributed by atoms with Crippen LogP contribution in [0.4, 0.5) is 0 Å². The third kappa shape index (κ3) is 3.86. The Balaban J connectivity index is 1.26. The normalized spacial score (nSPS) is 24.0. The van der Waals surface area contributed by atoms with Crippen molar-refractivity contribution in [1.29, 1.82) is 0 Å². The van der Waals surface area contributed by atoms with Crippen LogP contribution in [0.2, 0.25) is 0 Å². The van der Waals surface area contributed by atoms with Crippen molar-refractivity contribution in [2.75, 3.05) is 26.2 Å². The van der Waals surface area contributed by atoms with E-state index in [4.69, 9.17) is 0 Å². The zero-order valence-electron chi connectivity index (χ0n) is 16.3. The second-order valence-corrected chi connectivity index (χ2v) is 11.9. The highest BCUT2D eigenvalue weighted by Gasteiger charge is 2.40. The molecule has 4 heterocycles. The molecule has 2 aliphatic heterocycles. The molecule has 0 amide bonds. The Hall–Kier alpha value is -1.39. The molecule has 154 valence electrons. The summed E-state index contributed by atoms with van der Waals surface area (Å²) in [6, 6.07) is 5.28. The Morgan fingerprint density at radius 3 is 2.59 bits per heavy atom. The molecule has 0 spiro atoms. The van der Waals surface area contributed by atoms with Gasteiger partial charge in [-0.05, 0) is 62.9 Å². The first kappa shape index (κ1) is 19.6. The molecule has 5 rings (SSSR count). The molecule has 0 N–H and O–H groups in total. The van der Waals surface area contributed by atoms with Crippen LogP contribution in [-0.2, 0) is 16.6 Å². The number of benzene rings is 1. The summed E-state index contributed by atoms with van der Waals surface area (Å²) in [5.74, 6) is 0.887. The lowest BCUT2D eigenvalue weighted by molar-refractivity contribution is 0.263. The van der Waals surface area contributed by atoms with Crippen LogP contribution in [0.5, 0.6) is 0 Å². The Bertz CT molecular complexity index is 1110. The maximum Gasteiger partial charge on any atom is 0.243 e. The van der Waals surface area contributed by atoms with E-state index in [1.54, 1.807) is 33.3 Å². The average molecular weight is 449 g/mol. The number of hydrogen-bond donors (Lipinski definition) is 0. The van der Waals surface area contributed by atoms with Crippen molar-refractivity contribution >= 4 is 42.9 Å². The number of aryl methyl sites for hydroxylation is 1. The summed E-state index contributed by atoms with van der Waals surface area (Å²) in [6.45, 7) is 6.25. The van der Waals surface area contributed by atoms with Crippen LogP contribution >= 0.6 is 22.7 Å². The molecule has 2 fully saturated rings. The van der Waals surface area contributed by atoms with Gasteiger partial charge in [0.1, 0.15) is 0 Å². The number of rotatable bonds is 4. The molecule has 6 nitrogen and oxygen atoms in total. The molecule has 0 aliphatic carbocycles. The Labute approximate surface area is 179 Å². The lowest BCUT2D eigenvalue weighted by atomic mass is 9.92. The van der Waals surface area contributed by atoms with E-state index < -0.39 is 10.0 Å². The van der Waals surface area contributed by atoms with Crippen molar-refractivity contribution < 1.29 is 8.42 Å². The van der Waals surface area contributed by atoms with Crippen LogP contribution < -0.4 is 0 Å². The van der Waals surface area contributed by atoms with E-state index in [-0.39, 0.29) is 0 Å². The number of hydrogen-bond acceptors (Lipinski definition) is 7. The molecule has 2 saturated heterocycles. The van der Waals surface area contributed by atoms with Crippen LogP contribution in [0.15, 0.2) is 34.0 Å². The Morgan fingerprint density at radius 2 is 1.90 bits per heavy atom. The fourth-order valence-corrected chi connectivity index (χ4v) is 7.54. The summed E-state index contributed by atoms with van der Waals surface area (Å²) in [5, 5.41) is 3.26. The molecule has 2 atom stereocenters. The third-order valence-corrected chi connectivity index (χ3v) is 9.61. The average Bonchev–Trinajstić information content (AvgIpc) is 3.41. The van der Waals surface area contributed by atoms with Crippen molar-refractivity contribution in [3.05, 3.63) is 39.8 Å². The van der Waals surface area contributed by atoms with Crippen molar-refractivity contribution in [2.24, 2.45) is 11.8 Å². The van der Waals surface area contributed by atoms with E-state index in [9.17, 15) is 8.42 Å². The smallest absolute Gasteiger partial charge is 0.243 e. The zero-order valence-corrected chi connectivity index (χ0v) is 18.8. The highest BCUT2D eigenvalue weighted by molar-refractivity contribution is 7.89. The molecular weight excluding hydrogens is 424 g/mol. The highest BCUT2D eigenvalue weighted by Crippen LogP contribution is 2.35. The van der Waals surface area contributed by atoms with Gasteiger partial charge in [-0.3, -0.25) is 4.90 Å². The second kappa shape index (κ2) is 7.70. The minimum absolute atomic E-state index is 0.395. The molecule has 2 aliphatic rings. The van der Waals surface area contributed by atoms with Gasteiger partial charge in [-0.2, -0.15) is 4.31 Å². The first-order chi connectivity index (χ1) is 14.0. The predicted octanol–water partition coefficient (Wildman–Crippen LogP) is 3.59. The van der Waals surface area contributed by atoms with Gasteiger partial charge in [-0.1, -0.05) is 0 Å². The third-order valence-electron chi connectivity index (χ3n) is 6.17. The molecule has 2 aromatic heterocycles. The van der Waals surface area contributed by atoms with Crippen LogP contribution in [-0.4, -0.2) is 53.8 Å². The fraction of sp³-hybridized carbons (Fsp3) is 0.500. The van der Waals surface area contributed by atoms with Crippen molar-refractivity contribution in [1.82, 2.24) is 19.2 Å². The molecule has 3 aromatic rings. The van der Waals surface area contributed by atoms with Crippen LogP contribution in [0.1, 0.15) is 23.5 Å². The minimum Gasteiger partial charge on any atom is -0.297 e. The first-order valence-electron chi connectivity index (χ1n) is 9.96. The first-order valence-corrected chi connectivity index (χ1v) is 13.2. The van der Waals surface area contributed by atoms with Crippen LogP contribution in [0.3, 0.4) is 0 Å². The largest absolute Gasteiger partial charge is 0.297 e. The maximum atomic E-state index is 13.2. The molecule has 0 radical (unpaired) electrons. The quantitative estimate of drug-likeness (QED) is 0.610. The summed E-state index contributed by atoms with van der Waals surface area (Å²) in [5.41, 5.74) is 3.77. The van der Waals surface area contributed by atoms with Crippen molar-refractivity contribution in [2.45, 2.75) is 31.2 Å². The number of likely N-dealkylation sites (tertiary alicyclic amines) is 1. The van der Waals surface area contributed by atoms with Gasteiger partial charge in [0.25, 0.3) is 0 Å². The number of sulfonamides is 1. The SMILES string of the molecule is Cc1nc(CN2CC[C@@H]3CN(S(=O)(=O)c4ccc5ncsc5c4)C[C@@H]3CC2)cs1. The number of nitrogens with zero attached hydrogens (tertiary/aromatic N) is 4. The number of thiazole rings is 2. The monoisotopic (exact) mass is 448 g/mol. The van der Waals surface area contributed by atoms with Crippen molar-refractivity contribution in [3.63, 3.8) is 0 Å². The molecule has 1 aromatic carbocycles. The van der Waals surface area contributed by atoms with Gasteiger partial charge >= 0.3 is 0 Å². The second-order valence-electron chi connectivity index (χ2n) is 8.04. The van der Waals surface area contributed by atoms with E-state index in [2.05, 4.69) is 20.2 Å². The Kier molecular flexibility index (Phi) is 5.19. The highest BCUT2D eigenvalue weighted by atomic mass is 32.2. The topological polar surface area (TPSA) is 66.4 Å². The standard InChI is InChI=1S/C20H24N4O2S3/c1-14-22-17(12-27-14)11-23-6-4-15-9-24(10-16(15)5-7-23)29(25,26)18-2-3-19-20(8-18)28-13-21-19/h2-3,8,12-13,15-16H,4-7,9-11H2,1H3/t15-,16+. The maximum absolute atomic E-state index is 13.2. The van der Waals surface area contributed by atoms with Gasteiger partial charge < -0.3 is 0 Å². The molecular formula is C20H24N4O2S3. The van der Waals surface area contributed by atoms with Crippen LogP contribution in [0, 0.1) is 18.8 Å². The zero-order chi connectivity index (χ0) is 20.0. The van der Waals surface area contributed by atoms with Gasteiger partial charge in [0.15, 0.2) is 0 Å². The number of fused-ring (bicyclic) bond motifs is 2. The summed E-state index contributed by atoms with van der Waals surface area (Å²) in [4.78, 5) is 11.7. The van der Waals surface area contributed by atoms with Gasteiger partial charge in [0, 0.05) is 25.0 Å². The molecule has 0 saturated carbocycles. The van der Waals surface area contributed by atoms with E-state index >= 15 is 0 Å². The Morgan fingerprint density at radius 1 is 1.14 bits per heavy atom. The van der Waals surface area contributed by atoms with Gasteiger partial charge in [-0.25, -0.2) is 18.4 Å². The molecule has 29 heavy (non-hydrogen) atoms. The van der Waals surface area contributed by atoms with Gasteiger partial charge in [0.2, 0.25) is 10.0 Å². The summed E-state index contributed by atoms with van der Waals surface area (Å²) < 4.78 is 29.1. The van der Waals surface area contributed by atoms with E-state index in [0.29, 0.717) is 29.8 Å². The number of aromatic nitrogens is 2. The summed E-state index contributed by atoms with van der Waals surface area (Å²) >= 11 is 3.18. The summed E-state index contributed by atoms with van der Waals surface area (Å²) in [7, 11) is -3.45.